The van der Waals surface area contributed by atoms with Crippen LogP contribution in [0.15, 0.2) is 30.3 Å². The molecule has 0 radical (unpaired) electrons. The van der Waals surface area contributed by atoms with Crippen molar-refractivity contribution >= 4 is 16.7 Å². The van der Waals surface area contributed by atoms with Gasteiger partial charge in [-0.1, -0.05) is 18.2 Å². The molecule has 0 aliphatic heterocycles. The Kier molecular flexibility index (Phi) is 4.12. The number of fused-ring (bicyclic) bond motifs is 1. The zero-order valence-corrected chi connectivity index (χ0v) is 10.7. The van der Waals surface area contributed by atoms with Crippen LogP contribution in [0.1, 0.15) is 12.5 Å². The molecule has 0 saturated carbocycles. The summed E-state index contributed by atoms with van der Waals surface area (Å²) in [4.78, 5) is 4.53. The molecule has 0 amide bonds. The summed E-state index contributed by atoms with van der Waals surface area (Å²) in [5.74, 6) is 0.722. The van der Waals surface area contributed by atoms with Crippen LogP contribution in [0, 0.1) is 0 Å². The van der Waals surface area contributed by atoms with Crippen LogP contribution in [0.25, 0.3) is 10.9 Å². The van der Waals surface area contributed by atoms with Crippen molar-refractivity contribution in [3.8, 4) is 0 Å². The van der Waals surface area contributed by atoms with E-state index < -0.39 is 0 Å². The van der Waals surface area contributed by atoms with Crippen LogP contribution < -0.4 is 5.32 Å². The third-order valence-corrected chi connectivity index (χ3v) is 2.93. The average Bonchev–Trinajstić information content (AvgIpc) is 2.43. The number of benzene rings is 1. The van der Waals surface area contributed by atoms with Crippen molar-refractivity contribution in [1.29, 1.82) is 0 Å². The van der Waals surface area contributed by atoms with Crippen LogP contribution >= 0.6 is 0 Å². The quantitative estimate of drug-likeness (QED) is 0.849. The van der Waals surface area contributed by atoms with Crippen molar-refractivity contribution in [1.82, 2.24) is 4.98 Å². The van der Waals surface area contributed by atoms with Crippen LogP contribution in [0.2, 0.25) is 0 Å². The highest BCUT2D eigenvalue weighted by molar-refractivity contribution is 5.81. The number of methoxy groups -OCH3 is 1. The van der Waals surface area contributed by atoms with Crippen molar-refractivity contribution in [2.24, 2.45) is 0 Å². The molecule has 0 fully saturated rings. The zero-order valence-electron chi connectivity index (χ0n) is 10.7. The summed E-state index contributed by atoms with van der Waals surface area (Å²) in [7, 11) is 1.67. The molecule has 2 aromatic rings. The molecule has 2 rings (SSSR count). The van der Waals surface area contributed by atoms with E-state index in [4.69, 9.17) is 4.74 Å². The maximum Gasteiger partial charge on any atom is 0.132 e. The van der Waals surface area contributed by atoms with Crippen LogP contribution in [-0.2, 0) is 11.3 Å². The van der Waals surface area contributed by atoms with E-state index in [0.29, 0.717) is 6.54 Å². The second-order valence-corrected chi connectivity index (χ2v) is 4.27. The van der Waals surface area contributed by atoms with Gasteiger partial charge in [0.25, 0.3) is 0 Å². The van der Waals surface area contributed by atoms with Gasteiger partial charge in [0.2, 0.25) is 0 Å². The standard InChI is InChI=1S/C14H18N2O2/c1-10(18-2)8-15-14-12(9-17)7-11-5-3-4-6-13(11)16-14/h3-7,10,17H,8-9H2,1-2H3,(H,15,16). The van der Waals surface area contributed by atoms with E-state index in [2.05, 4.69) is 10.3 Å². The summed E-state index contributed by atoms with van der Waals surface area (Å²) in [6.45, 7) is 2.61. The molecule has 96 valence electrons. The second-order valence-electron chi connectivity index (χ2n) is 4.27. The van der Waals surface area contributed by atoms with Crippen molar-refractivity contribution < 1.29 is 9.84 Å². The monoisotopic (exact) mass is 246 g/mol. The molecule has 1 unspecified atom stereocenters. The molecule has 1 atom stereocenters. The molecule has 18 heavy (non-hydrogen) atoms. The molecule has 0 bridgehead atoms. The highest BCUT2D eigenvalue weighted by Gasteiger charge is 2.07. The summed E-state index contributed by atoms with van der Waals surface area (Å²) < 4.78 is 5.18. The van der Waals surface area contributed by atoms with Crippen LogP contribution in [0.5, 0.6) is 0 Å². The molecular weight excluding hydrogens is 228 g/mol. The minimum atomic E-state index is -0.0263. The molecule has 0 aliphatic rings. The predicted octanol–water partition coefficient (Wildman–Crippen LogP) is 2.17. The second kappa shape index (κ2) is 5.80. The van der Waals surface area contributed by atoms with Gasteiger partial charge in [0, 0.05) is 24.6 Å². The van der Waals surface area contributed by atoms with Gasteiger partial charge in [-0.25, -0.2) is 4.98 Å². The van der Waals surface area contributed by atoms with Gasteiger partial charge < -0.3 is 15.2 Å². The number of pyridine rings is 1. The first-order valence-corrected chi connectivity index (χ1v) is 6.00. The van der Waals surface area contributed by atoms with Gasteiger partial charge in [-0.05, 0) is 19.1 Å². The molecule has 2 N–H and O–H groups in total. The zero-order chi connectivity index (χ0) is 13.0. The summed E-state index contributed by atoms with van der Waals surface area (Å²) in [6, 6.07) is 9.83. The number of aliphatic hydroxyl groups is 1. The Balaban J connectivity index is 2.30. The van der Waals surface area contributed by atoms with E-state index in [1.165, 1.54) is 0 Å². The molecule has 0 aliphatic carbocycles. The number of para-hydroxylation sites is 1. The maximum absolute atomic E-state index is 9.39. The van der Waals surface area contributed by atoms with Gasteiger partial charge in [0.1, 0.15) is 5.82 Å². The number of hydrogen-bond acceptors (Lipinski definition) is 4. The largest absolute Gasteiger partial charge is 0.392 e. The lowest BCUT2D eigenvalue weighted by atomic mass is 10.1. The van der Waals surface area contributed by atoms with Crippen LogP contribution in [0.3, 0.4) is 0 Å². The Morgan fingerprint density at radius 3 is 2.89 bits per heavy atom. The summed E-state index contributed by atoms with van der Waals surface area (Å²) in [6.07, 6.45) is 0.102. The average molecular weight is 246 g/mol. The fraction of sp³-hybridized carbons (Fsp3) is 0.357. The molecule has 1 aromatic carbocycles. The number of aliphatic hydroxyl groups excluding tert-OH is 1. The Morgan fingerprint density at radius 2 is 2.17 bits per heavy atom. The van der Waals surface area contributed by atoms with Gasteiger partial charge in [0.15, 0.2) is 0 Å². The number of nitrogens with one attached hydrogen (secondary N) is 1. The Bertz CT molecular complexity index is 528. The van der Waals surface area contributed by atoms with Gasteiger partial charge >= 0.3 is 0 Å². The van der Waals surface area contributed by atoms with Gasteiger partial charge in [-0.15, -0.1) is 0 Å². The lowest BCUT2D eigenvalue weighted by molar-refractivity contribution is 0.128. The molecule has 4 nitrogen and oxygen atoms in total. The number of hydrogen-bond donors (Lipinski definition) is 2. The first-order chi connectivity index (χ1) is 8.74. The first kappa shape index (κ1) is 12.8. The smallest absolute Gasteiger partial charge is 0.132 e. The van der Waals surface area contributed by atoms with E-state index in [9.17, 15) is 5.11 Å². The van der Waals surface area contributed by atoms with Crippen LogP contribution in [-0.4, -0.2) is 29.8 Å². The Morgan fingerprint density at radius 1 is 1.39 bits per heavy atom. The lowest BCUT2D eigenvalue weighted by Crippen LogP contribution is -2.19. The van der Waals surface area contributed by atoms with Gasteiger partial charge in [-0.3, -0.25) is 0 Å². The fourth-order valence-electron chi connectivity index (χ4n) is 1.76. The topological polar surface area (TPSA) is 54.4 Å². The van der Waals surface area contributed by atoms with Crippen molar-refractivity contribution in [3.05, 3.63) is 35.9 Å². The first-order valence-electron chi connectivity index (χ1n) is 6.00. The Hall–Kier alpha value is -1.65. The maximum atomic E-state index is 9.39. The molecule has 0 saturated heterocycles. The van der Waals surface area contributed by atoms with Crippen LogP contribution in [0.4, 0.5) is 5.82 Å². The Labute approximate surface area is 107 Å². The number of nitrogens with zero attached hydrogens (tertiary/aromatic N) is 1. The summed E-state index contributed by atoms with van der Waals surface area (Å²) >= 11 is 0. The third kappa shape index (κ3) is 2.78. The van der Waals surface area contributed by atoms with E-state index >= 15 is 0 Å². The highest BCUT2D eigenvalue weighted by atomic mass is 16.5. The molecule has 1 aromatic heterocycles. The van der Waals surface area contributed by atoms with Crippen molar-refractivity contribution in [3.63, 3.8) is 0 Å². The summed E-state index contributed by atoms with van der Waals surface area (Å²) in [5.41, 5.74) is 1.72. The summed E-state index contributed by atoms with van der Waals surface area (Å²) in [5, 5.41) is 13.6. The minimum Gasteiger partial charge on any atom is -0.392 e. The predicted molar refractivity (Wildman–Crippen MR) is 72.6 cm³/mol. The number of aromatic nitrogens is 1. The molecule has 1 heterocycles. The molecule has 4 heteroatoms. The minimum absolute atomic E-state index is 0.0263. The molecular formula is C14H18N2O2. The van der Waals surface area contributed by atoms with E-state index in [-0.39, 0.29) is 12.7 Å². The van der Waals surface area contributed by atoms with Crippen molar-refractivity contribution in [2.75, 3.05) is 19.0 Å². The van der Waals surface area contributed by atoms with E-state index in [1.807, 2.05) is 37.3 Å². The van der Waals surface area contributed by atoms with Gasteiger partial charge in [0.05, 0.1) is 18.2 Å². The molecule has 0 spiro atoms. The van der Waals surface area contributed by atoms with E-state index in [0.717, 1.165) is 22.3 Å². The SMILES string of the molecule is COC(C)CNc1nc2ccccc2cc1CO. The lowest BCUT2D eigenvalue weighted by Gasteiger charge is -2.14. The number of ether oxygens (including phenoxy) is 1. The normalized spacial score (nSPS) is 12.6. The third-order valence-electron chi connectivity index (χ3n) is 2.93. The number of anilines is 1. The highest BCUT2D eigenvalue weighted by Crippen LogP contribution is 2.20. The van der Waals surface area contributed by atoms with Gasteiger partial charge in [-0.2, -0.15) is 0 Å². The van der Waals surface area contributed by atoms with E-state index in [1.54, 1.807) is 7.11 Å². The number of rotatable bonds is 5. The van der Waals surface area contributed by atoms with Crippen molar-refractivity contribution in [2.45, 2.75) is 19.6 Å². The fourth-order valence-corrected chi connectivity index (χ4v) is 1.76.